The van der Waals surface area contributed by atoms with E-state index in [0.717, 1.165) is 11.3 Å². The fourth-order valence-electron chi connectivity index (χ4n) is 2.20. The largest absolute Gasteiger partial charge is 0.368 e. The second-order valence-electron chi connectivity index (χ2n) is 4.82. The Bertz CT molecular complexity index is 541. The maximum atomic E-state index is 5.58. The zero-order valence-electron chi connectivity index (χ0n) is 9.80. The highest BCUT2D eigenvalue weighted by Crippen LogP contribution is 2.38. The van der Waals surface area contributed by atoms with Crippen molar-refractivity contribution in [2.75, 3.05) is 5.73 Å². The molecule has 1 fully saturated rings. The molecular formula is C12H15N5. The van der Waals surface area contributed by atoms with E-state index in [2.05, 4.69) is 22.0 Å². The molecule has 5 nitrogen and oxygen atoms in total. The third kappa shape index (κ3) is 1.67. The van der Waals surface area contributed by atoms with E-state index < -0.39 is 0 Å². The van der Waals surface area contributed by atoms with Gasteiger partial charge in [-0.3, -0.25) is 4.68 Å². The Morgan fingerprint density at radius 2 is 2.24 bits per heavy atom. The topological polar surface area (TPSA) is 69.6 Å². The van der Waals surface area contributed by atoms with E-state index in [-0.39, 0.29) is 5.54 Å². The van der Waals surface area contributed by atoms with Crippen molar-refractivity contribution in [1.82, 2.24) is 19.7 Å². The van der Waals surface area contributed by atoms with Crippen LogP contribution < -0.4 is 5.73 Å². The molecule has 0 spiro atoms. The summed E-state index contributed by atoms with van der Waals surface area (Å²) in [6.07, 6.45) is 9.22. The molecule has 2 aromatic rings. The first-order chi connectivity index (χ1) is 8.17. The quantitative estimate of drug-likeness (QED) is 0.852. The molecule has 17 heavy (non-hydrogen) atoms. The van der Waals surface area contributed by atoms with E-state index >= 15 is 0 Å². The van der Waals surface area contributed by atoms with Crippen LogP contribution in [-0.4, -0.2) is 19.7 Å². The van der Waals surface area contributed by atoms with Gasteiger partial charge in [0.15, 0.2) is 0 Å². The molecule has 0 bridgehead atoms. The predicted molar refractivity (Wildman–Crippen MR) is 65.2 cm³/mol. The van der Waals surface area contributed by atoms with Crippen molar-refractivity contribution in [3.63, 3.8) is 0 Å². The monoisotopic (exact) mass is 229 g/mol. The summed E-state index contributed by atoms with van der Waals surface area (Å²) < 4.78 is 2.05. The molecule has 1 aliphatic rings. The molecule has 2 heterocycles. The van der Waals surface area contributed by atoms with E-state index in [4.69, 9.17) is 5.73 Å². The minimum Gasteiger partial charge on any atom is -0.368 e. The lowest BCUT2D eigenvalue weighted by molar-refractivity contribution is 0.149. The Balaban J connectivity index is 1.95. The summed E-state index contributed by atoms with van der Waals surface area (Å²) in [4.78, 5) is 8.08. The lowest BCUT2D eigenvalue weighted by Crippen LogP contribution is -2.37. The van der Waals surface area contributed by atoms with E-state index in [1.165, 1.54) is 19.3 Å². The van der Waals surface area contributed by atoms with Crippen LogP contribution in [0.15, 0.2) is 24.7 Å². The fraction of sp³-hybridized carbons (Fsp3) is 0.417. The summed E-state index contributed by atoms with van der Waals surface area (Å²) in [5.74, 6) is 0.296. The van der Waals surface area contributed by atoms with Crippen LogP contribution >= 0.6 is 0 Å². The number of nitrogen functional groups attached to an aromatic ring is 1. The molecule has 1 saturated carbocycles. The van der Waals surface area contributed by atoms with Gasteiger partial charge in [0.05, 0.1) is 17.4 Å². The van der Waals surface area contributed by atoms with Crippen LogP contribution in [-0.2, 0) is 5.54 Å². The molecule has 0 amide bonds. The van der Waals surface area contributed by atoms with Crippen LogP contribution in [0.2, 0.25) is 0 Å². The van der Waals surface area contributed by atoms with Crippen molar-refractivity contribution in [1.29, 1.82) is 0 Å². The van der Waals surface area contributed by atoms with Gasteiger partial charge in [-0.1, -0.05) is 0 Å². The van der Waals surface area contributed by atoms with Crippen molar-refractivity contribution < 1.29 is 0 Å². The average Bonchev–Trinajstić information content (AvgIpc) is 2.75. The highest BCUT2D eigenvalue weighted by Gasteiger charge is 2.34. The number of nitrogens with two attached hydrogens (primary N) is 1. The lowest BCUT2D eigenvalue weighted by atomic mass is 9.79. The Morgan fingerprint density at radius 1 is 1.41 bits per heavy atom. The molecule has 0 aromatic carbocycles. The molecule has 0 unspecified atom stereocenters. The number of anilines is 1. The first-order valence-corrected chi connectivity index (χ1v) is 5.81. The molecular weight excluding hydrogens is 214 g/mol. The van der Waals surface area contributed by atoms with Crippen molar-refractivity contribution in [2.24, 2.45) is 0 Å². The van der Waals surface area contributed by atoms with E-state index in [1.807, 2.05) is 23.1 Å². The standard InChI is InChI=1S/C12H15N5/c1-12(4-2-5-12)17-8-9(7-15-17)10-3-6-14-11(13)16-10/h3,6-8H,2,4-5H2,1H3,(H2,13,14,16). The maximum absolute atomic E-state index is 5.58. The zero-order valence-corrected chi connectivity index (χ0v) is 9.80. The van der Waals surface area contributed by atoms with Crippen molar-refractivity contribution in [2.45, 2.75) is 31.7 Å². The lowest BCUT2D eigenvalue weighted by Gasteiger charge is -2.38. The normalized spacial score (nSPS) is 17.7. The van der Waals surface area contributed by atoms with E-state index in [1.54, 1.807) is 6.20 Å². The average molecular weight is 229 g/mol. The molecule has 3 rings (SSSR count). The van der Waals surface area contributed by atoms with Gasteiger partial charge in [0.25, 0.3) is 0 Å². The van der Waals surface area contributed by atoms with E-state index in [0.29, 0.717) is 5.95 Å². The summed E-state index contributed by atoms with van der Waals surface area (Å²) in [5, 5.41) is 4.43. The highest BCUT2D eigenvalue weighted by atomic mass is 15.3. The van der Waals surface area contributed by atoms with Crippen LogP contribution in [0.1, 0.15) is 26.2 Å². The summed E-state index contributed by atoms with van der Waals surface area (Å²) in [5.41, 5.74) is 7.59. The Labute approximate surface area is 99.7 Å². The molecule has 2 N–H and O–H groups in total. The van der Waals surface area contributed by atoms with Gasteiger partial charge in [0.1, 0.15) is 0 Å². The van der Waals surface area contributed by atoms with Crippen molar-refractivity contribution in [3.05, 3.63) is 24.7 Å². The smallest absolute Gasteiger partial charge is 0.220 e. The predicted octanol–water partition coefficient (Wildman–Crippen LogP) is 1.82. The first kappa shape index (κ1) is 10.3. The number of aromatic nitrogens is 4. The maximum Gasteiger partial charge on any atom is 0.220 e. The van der Waals surface area contributed by atoms with Gasteiger partial charge in [0.2, 0.25) is 5.95 Å². The van der Waals surface area contributed by atoms with Crippen LogP contribution in [0.3, 0.4) is 0 Å². The minimum atomic E-state index is 0.191. The SMILES string of the molecule is CC1(n2cc(-c3ccnc(N)n3)cn2)CCC1. The van der Waals surface area contributed by atoms with E-state index in [9.17, 15) is 0 Å². The number of hydrogen-bond acceptors (Lipinski definition) is 4. The minimum absolute atomic E-state index is 0.191. The molecule has 1 aliphatic carbocycles. The molecule has 2 aromatic heterocycles. The van der Waals surface area contributed by atoms with Crippen LogP contribution in [0, 0.1) is 0 Å². The number of hydrogen-bond donors (Lipinski definition) is 1. The van der Waals surface area contributed by atoms with Gasteiger partial charge < -0.3 is 5.73 Å². The number of rotatable bonds is 2. The summed E-state index contributed by atoms with van der Waals surface area (Å²) in [6.45, 7) is 2.24. The summed E-state index contributed by atoms with van der Waals surface area (Å²) in [7, 11) is 0. The first-order valence-electron chi connectivity index (χ1n) is 5.81. The fourth-order valence-corrected chi connectivity index (χ4v) is 2.20. The molecule has 0 saturated heterocycles. The van der Waals surface area contributed by atoms with Crippen LogP contribution in [0.5, 0.6) is 0 Å². The highest BCUT2D eigenvalue weighted by molar-refractivity contribution is 5.57. The second-order valence-corrected chi connectivity index (χ2v) is 4.82. The third-order valence-corrected chi connectivity index (χ3v) is 3.54. The van der Waals surface area contributed by atoms with Gasteiger partial charge in [-0.15, -0.1) is 0 Å². The molecule has 5 heteroatoms. The van der Waals surface area contributed by atoms with Crippen LogP contribution in [0.25, 0.3) is 11.3 Å². The Morgan fingerprint density at radius 3 is 2.88 bits per heavy atom. The zero-order chi connectivity index (χ0) is 11.9. The van der Waals surface area contributed by atoms with Gasteiger partial charge in [0, 0.05) is 18.0 Å². The molecule has 0 radical (unpaired) electrons. The molecule has 88 valence electrons. The molecule has 0 aliphatic heterocycles. The second kappa shape index (κ2) is 3.55. The third-order valence-electron chi connectivity index (χ3n) is 3.54. The van der Waals surface area contributed by atoms with Gasteiger partial charge in [-0.25, -0.2) is 9.97 Å². The van der Waals surface area contributed by atoms with Gasteiger partial charge in [-0.05, 0) is 32.3 Å². The Kier molecular flexibility index (Phi) is 2.14. The van der Waals surface area contributed by atoms with Gasteiger partial charge in [-0.2, -0.15) is 5.10 Å². The molecule has 0 atom stereocenters. The summed E-state index contributed by atoms with van der Waals surface area (Å²) in [6, 6.07) is 1.85. The number of nitrogens with zero attached hydrogens (tertiary/aromatic N) is 4. The summed E-state index contributed by atoms with van der Waals surface area (Å²) >= 11 is 0. The van der Waals surface area contributed by atoms with Crippen molar-refractivity contribution >= 4 is 5.95 Å². The van der Waals surface area contributed by atoms with Crippen LogP contribution in [0.4, 0.5) is 5.95 Å². The van der Waals surface area contributed by atoms with Gasteiger partial charge >= 0.3 is 0 Å². The van der Waals surface area contributed by atoms with Crippen molar-refractivity contribution in [3.8, 4) is 11.3 Å². The Hall–Kier alpha value is -1.91.